The second kappa shape index (κ2) is 14.3. The fraction of sp³-hybridized carbons (Fsp3) is 0.0625. The highest BCUT2D eigenvalue weighted by atomic mass is 32.1. The molecular formula is C64H44N2S. The zero-order valence-corrected chi connectivity index (χ0v) is 38.1. The molecule has 67 heavy (non-hydrogen) atoms. The molecule has 0 saturated heterocycles. The molecule has 0 bridgehead atoms. The summed E-state index contributed by atoms with van der Waals surface area (Å²) in [5, 5.41) is 2.60. The number of fused-ring (bicyclic) bond motifs is 11. The second-order valence-corrected chi connectivity index (χ2v) is 19.9. The molecule has 1 aliphatic heterocycles. The average Bonchev–Trinajstić information content (AvgIpc) is 3.99. The van der Waals surface area contributed by atoms with Crippen LogP contribution in [0, 0.1) is 0 Å². The van der Waals surface area contributed by atoms with E-state index in [1.807, 2.05) is 11.3 Å². The van der Waals surface area contributed by atoms with E-state index in [1.54, 1.807) is 0 Å². The minimum Gasteiger partial charge on any atom is -0.310 e. The van der Waals surface area contributed by atoms with Crippen LogP contribution in [0.15, 0.2) is 231 Å². The molecule has 2 heterocycles. The molecule has 3 aliphatic rings. The molecule has 1 unspecified atom stereocenters. The van der Waals surface area contributed by atoms with Crippen molar-refractivity contribution in [3.05, 3.63) is 264 Å². The van der Waals surface area contributed by atoms with E-state index < -0.39 is 5.41 Å². The lowest BCUT2D eigenvalue weighted by molar-refractivity contribution is 0.660. The van der Waals surface area contributed by atoms with Gasteiger partial charge in [-0.1, -0.05) is 178 Å². The van der Waals surface area contributed by atoms with Crippen molar-refractivity contribution >= 4 is 65.6 Å². The quantitative estimate of drug-likeness (QED) is 0.164. The molecule has 14 rings (SSSR count). The summed E-state index contributed by atoms with van der Waals surface area (Å²) < 4.78 is 2.59. The molecular weight excluding hydrogens is 829 g/mol. The van der Waals surface area contributed by atoms with E-state index in [-0.39, 0.29) is 5.41 Å². The van der Waals surface area contributed by atoms with Gasteiger partial charge in [-0.05, 0) is 128 Å². The van der Waals surface area contributed by atoms with E-state index in [0.717, 1.165) is 22.7 Å². The van der Waals surface area contributed by atoms with Gasteiger partial charge in [-0.2, -0.15) is 0 Å². The first-order valence-corrected chi connectivity index (χ1v) is 24.2. The van der Waals surface area contributed by atoms with Gasteiger partial charge in [-0.15, -0.1) is 11.3 Å². The van der Waals surface area contributed by atoms with Crippen LogP contribution in [0.5, 0.6) is 0 Å². The number of nitrogens with zero attached hydrogens (tertiary/aromatic N) is 2. The lowest BCUT2D eigenvalue weighted by atomic mass is 9.64. The third kappa shape index (κ3) is 5.32. The Kier molecular flexibility index (Phi) is 8.15. The Bertz CT molecular complexity index is 3790. The van der Waals surface area contributed by atoms with Gasteiger partial charge in [0.15, 0.2) is 0 Å². The molecule has 0 spiro atoms. The highest BCUT2D eigenvalue weighted by Crippen LogP contribution is 2.67. The molecule has 1 aromatic heterocycles. The summed E-state index contributed by atoms with van der Waals surface area (Å²) in [6.07, 6.45) is 0. The Morgan fingerprint density at radius 2 is 0.985 bits per heavy atom. The molecule has 3 heteroatoms. The van der Waals surface area contributed by atoms with Crippen molar-refractivity contribution in [2.24, 2.45) is 0 Å². The third-order valence-electron chi connectivity index (χ3n) is 15.0. The number of rotatable bonds is 6. The van der Waals surface area contributed by atoms with Crippen LogP contribution in [0.3, 0.4) is 0 Å². The minimum atomic E-state index is -0.632. The fourth-order valence-electron chi connectivity index (χ4n) is 12.2. The van der Waals surface area contributed by atoms with E-state index in [4.69, 9.17) is 0 Å². The molecule has 2 nitrogen and oxygen atoms in total. The van der Waals surface area contributed by atoms with Gasteiger partial charge in [0.05, 0.1) is 16.8 Å². The third-order valence-corrected chi connectivity index (χ3v) is 16.2. The number of hydrogen-bond acceptors (Lipinski definition) is 3. The van der Waals surface area contributed by atoms with Crippen LogP contribution >= 0.6 is 11.3 Å². The fourth-order valence-corrected chi connectivity index (χ4v) is 13.3. The van der Waals surface area contributed by atoms with Crippen LogP contribution in [0.1, 0.15) is 47.2 Å². The van der Waals surface area contributed by atoms with Crippen molar-refractivity contribution in [2.75, 3.05) is 9.80 Å². The maximum Gasteiger partial charge on any atom is 0.0755 e. The van der Waals surface area contributed by atoms with E-state index in [1.165, 1.54) is 98.3 Å². The van der Waals surface area contributed by atoms with E-state index >= 15 is 0 Å². The Morgan fingerprint density at radius 1 is 0.403 bits per heavy atom. The second-order valence-electron chi connectivity index (χ2n) is 18.8. The van der Waals surface area contributed by atoms with Crippen LogP contribution in [-0.2, 0) is 10.8 Å². The first-order valence-electron chi connectivity index (χ1n) is 23.3. The molecule has 2 aliphatic carbocycles. The lowest BCUT2D eigenvalue weighted by Gasteiger charge is -2.45. The van der Waals surface area contributed by atoms with Crippen molar-refractivity contribution in [3.63, 3.8) is 0 Å². The molecule has 316 valence electrons. The molecule has 0 N–H and O–H groups in total. The molecule has 1 atom stereocenters. The van der Waals surface area contributed by atoms with Gasteiger partial charge in [0.1, 0.15) is 0 Å². The predicted molar refractivity (Wildman–Crippen MR) is 283 cm³/mol. The summed E-state index contributed by atoms with van der Waals surface area (Å²) in [5.74, 6) is 0. The van der Waals surface area contributed by atoms with Crippen LogP contribution < -0.4 is 9.80 Å². The highest BCUT2D eigenvalue weighted by molar-refractivity contribution is 7.25. The maximum atomic E-state index is 2.54. The van der Waals surface area contributed by atoms with Crippen molar-refractivity contribution < 1.29 is 0 Å². The normalized spacial score (nSPS) is 15.8. The summed E-state index contributed by atoms with van der Waals surface area (Å²) in [7, 11) is 0. The zero-order chi connectivity index (χ0) is 44.4. The summed E-state index contributed by atoms with van der Waals surface area (Å²) in [4.78, 5) is 5.02. The standard InChI is InChI=1S/C64H44N2S/c1-63(2)53-26-14-12-24-48(53)49-33-30-44(38-55(49)63)65(46-31-34-51-50-25-13-17-29-59(50)67-60(51)40-46)45-32-35-52-56(39-45)64(42-20-8-4-9-21-42)54-27-15-16-28-57(54)66(43-22-10-5-11-23-43)58-37-36-47(61(52)62(58)64)41-18-6-3-7-19-41/h3-40H,1-2H3. The van der Waals surface area contributed by atoms with Crippen molar-refractivity contribution in [1.29, 1.82) is 0 Å². The topological polar surface area (TPSA) is 6.48 Å². The van der Waals surface area contributed by atoms with Gasteiger partial charge in [0.2, 0.25) is 0 Å². The van der Waals surface area contributed by atoms with E-state index in [2.05, 4.69) is 254 Å². The van der Waals surface area contributed by atoms with E-state index in [9.17, 15) is 0 Å². The molecule has 0 fully saturated rings. The summed E-state index contributed by atoms with van der Waals surface area (Å²) in [6, 6.07) is 86.4. The molecule has 0 radical (unpaired) electrons. The summed E-state index contributed by atoms with van der Waals surface area (Å²) in [6.45, 7) is 4.76. The Balaban J connectivity index is 1.08. The number of thiophene rings is 1. The zero-order valence-electron chi connectivity index (χ0n) is 37.2. The molecule has 0 amide bonds. The Morgan fingerprint density at radius 3 is 1.79 bits per heavy atom. The molecule has 0 saturated carbocycles. The first kappa shape index (κ1) is 38.3. The van der Waals surface area contributed by atoms with Gasteiger partial charge < -0.3 is 9.80 Å². The van der Waals surface area contributed by atoms with E-state index in [0.29, 0.717) is 0 Å². The lowest BCUT2D eigenvalue weighted by Crippen LogP contribution is -2.36. The first-order chi connectivity index (χ1) is 33.0. The average molecular weight is 873 g/mol. The predicted octanol–water partition coefficient (Wildman–Crippen LogP) is 17.6. The Labute approximate surface area is 395 Å². The van der Waals surface area contributed by atoms with Crippen molar-refractivity contribution in [1.82, 2.24) is 0 Å². The van der Waals surface area contributed by atoms with Crippen LogP contribution in [0.25, 0.3) is 53.6 Å². The van der Waals surface area contributed by atoms with Gasteiger partial charge >= 0.3 is 0 Å². The minimum absolute atomic E-state index is 0.152. The number of anilines is 6. The summed E-state index contributed by atoms with van der Waals surface area (Å²) in [5.41, 5.74) is 21.7. The highest BCUT2D eigenvalue weighted by Gasteiger charge is 2.53. The van der Waals surface area contributed by atoms with Crippen molar-refractivity contribution in [2.45, 2.75) is 24.7 Å². The van der Waals surface area contributed by atoms with Crippen molar-refractivity contribution in [3.8, 4) is 33.4 Å². The van der Waals surface area contributed by atoms with Gasteiger partial charge in [-0.3, -0.25) is 0 Å². The van der Waals surface area contributed by atoms with Gasteiger partial charge in [0, 0.05) is 53.9 Å². The SMILES string of the molecule is CC1(C)c2ccccc2-c2ccc(N(c3ccc4c(c3)C3(c5ccccc5)c5ccccc5N(c5ccccc5)c5ccc(-c6ccccc6)c-4c53)c3ccc4c(c3)sc3ccccc34)cc21. The number of benzene rings is 10. The van der Waals surface area contributed by atoms with Crippen LogP contribution in [-0.4, -0.2) is 0 Å². The van der Waals surface area contributed by atoms with Crippen LogP contribution in [0.2, 0.25) is 0 Å². The molecule has 11 aromatic rings. The maximum absolute atomic E-state index is 2.54. The number of para-hydroxylation sites is 2. The molecule has 10 aromatic carbocycles. The van der Waals surface area contributed by atoms with Gasteiger partial charge in [-0.25, -0.2) is 0 Å². The number of hydrogen-bond donors (Lipinski definition) is 0. The smallest absolute Gasteiger partial charge is 0.0755 e. The largest absolute Gasteiger partial charge is 0.310 e. The van der Waals surface area contributed by atoms with Gasteiger partial charge in [0.25, 0.3) is 0 Å². The monoisotopic (exact) mass is 872 g/mol. The Hall–Kier alpha value is -7.98. The van der Waals surface area contributed by atoms with Crippen LogP contribution in [0.4, 0.5) is 34.1 Å². The summed E-state index contributed by atoms with van der Waals surface area (Å²) >= 11 is 1.88.